The SMILES string of the molecule is CCC(C)C(=O)C1CCC(NC(=O)CNC(=O)COCCOC(C)C)CC1.[HH].[HH]. The molecule has 1 aliphatic carbocycles. The minimum Gasteiger partial charge on any atom is -0.376 e. The van der Waals surface area contributed by atoms with Crippen molar-refractivity contribution >= 4 is 17.6 Å². The van der Waals surface area contributed by atoms with E-state index in [-0.39, 0.29) is 51.8 Å². The summed E-state index contributed by atoms with van der Waals surface area (Å²) < 4.78 is 10.5. The molecule has 0 saturated heterocycles. The number of ketones is 1. The smallest absolute Gasteiger partial charge is 0.246 e. The number of rotatable bonds is 12. The van der Waals surface area contributed by atoms with Crippen LogP contribution in [0.4, 0.5) is 0 Å². The highest BCUT2D eigenvalue weighted by Gasteiger charge is 2.28. The highest BCUT2D eigenvalue weighted by molar-refractivity contribution is 5.85. The molecule has 1 rings (SSSR count). The van der Waals surface area contributed by atoms with Gasteiger partial charge in [0.25, 0.3) is 0 Å². The molecule has 7 heteroatoms. The van der Waals surface area contributed by atoms with Crippen molar-refractivity contribution in [1.82, 2.24) is 10.6 Å². The van der Waals surface area contributed by atoms with E-state index < -0.39 is 0 Å². The van der Waals surface area contributed by atoms with Crippen LogP contribution < -0.4 is 10.6 Å². The van der Waals surface area contributed by atoms with Gasteiger partial charge in [0.15, 0.2) is 0 Å². The first-order valence-corrected chi connectivity index (χ1v) is 10.1. The monoisotopic (exact) mass is 388 g/mol. The second-order valence-electron chi connectivity index (χ2n) is 7.58. The molecule has 1 fully saturated rings. The van der Waals surface area contributed by atoms with Crippen molar-refractivity contribution in [2.24, 2.45) is 11.8 Å². The van der Waals surface area contributed by atoms with Gasteiger partial charge in [0.1, 0.15) is 12.4 Å². The molecule has 0 aromatic heterocycles. The summed E-state index contributed by atoms with van der Waals surface area (Å²) in [4.78, 5) is 35.9. The second kappa shape index (κ2) is 12.8. The van der Waals surface area contributed by atoms with Gasteiger partial charge < -0.3 is 20.1 Å². The molecule has 7 nitrogen and oxygen atoms in total. The standard InChI is InChI=1S/C20H36N2O5.2H2/c1-5-15(4)20(25)16-6-8-17(9-7-16)22-18(23)12-21-19(24)13-26-10-11-27-14(2)3;;/h14-17H,5-13H2,1-4H3,(H,21,24)(H,22,23);2*1H. The maximum Gasteiger partial charge on any atom is 0.246 e. The van der Waals surface area contributed by atoms with Crippen molar-refractivity contribution in [3.05, 3.63) is 0 Å². The van der Waals surface area contributed by atoms with E-state index in [1.807, 2.05) is 27.7 Å². The van der Waals surface area contributed by atoms with Crippen molar-refractivity contribution in [2.75, 3.05) is 26.4 Å². The molecule has 1 saturated carbocycles. The third kappa shape index (κ3) is 9.86. The van der Waals surface area contributed by atoms with E-state index in [4.69, 9.17) is 9.47 Å². The zero-order valence-corrected chi connectivity index (χ0v) is 17.2. The highest BCUT2D eigenvalue weighted by Crippen LogP contribution is 2.27. The van der Waals surface area contributed by atoms with Crippen LogP contribution in [-0.4, -0.2) is 56.1 Å². The van der Waals surface area contributed by atoms with E-state index >= 15 is 0 Å². The van der Waals surface area contributed by atoms with Crippen LogP contribution in [0.3, 0.4) is 0 Å². The topological polar surface area (TPSA) is 93.7 Å². The van der Waals surface area contributed by atoms with Gasteiger partial charge in [-0.05, 0) is 46.0 Å². The molecular weight excluding hydrogens is 348 g/mol. The molecule has 0 spiro atoms. The van der Waals surface area contributed by atoms with Gasteiger partial charge in [-0.2, -0.15) is 0 Å². The average Bonchev–Trinajstić information content (AvgIpc) is 2.65. The summed E-state index contributed by atoms with van der Waals surface area (Å²) in [6.45, 7) is 8.52. The number of Topliss-reactive ketones (excluding diaryl/α,β-unsaturated/α-hetero) is 1. The van der Waals surface area contributed by atoms with Gasteiger partial charge in [-0.3, -0.25) is 14.4 Å². The molecule has 1 aliphatic rings. The summed E-state index contributed by atoms with van der Waals surface area (Å²) in [6, 6.07) is 0.0832. The average molecular weight is 389 g/mol. The number of hydrogen-bond acceptors (Lipinski definition) is 5. The largest absolute Gasteiger partial charge is 0.376 e. The van der Waals surface area contributed by atoms with Gasteiger partial charge in [0, 0.05) is 20.7 Å². The lowest BCUT2D eigenvalue weighted by molar-refractivity contribution is -0.130. The lowest BCUT2D eigenvalue weighted by atomic mass is 9.79. The lowest BCUT2D eigenvalue weighted by Crippen LogP contribution is -2.44. The van der Waals surface area contributed by atoms with Crippen LogP contribution in [0.15, 0.2) is 0 Å². The Morgan fingerprint density at radius 3 is 2.30 bits per heavy atom. The maximum atomic E-state index is 12.2. The normalized spacial score (nSPS) is 20.9. The van der Waals surface area contributed by atoms with Crippen molar-refractivity contribution in [3.8, 4) is 0 Å². The molecule has 0 aliphatic heterocycles. The Kier molecular flexibility index (Phi) is 11.2. The van der Waals surface area contributed by atoms with Crippen LogP contribution in [0.5, 0.6) is 0 Å². The number of carbonyl (C=O) groups is 3. The fourth-order valence-electron chi connectivity index (χ4n) is 3.14. The molecular formula is C20H40N2O5. The van der Waals surface area contributed by atoms with Crippen molar-refractivity contribution in [2.45, 2.75) is 71.9 Å². The molecule has 0 heterocycles. The molecule has 160 valence electrons. The highest BCUT2D eigenvalue weighted by atomic mass is 16.5. The third-order valence-electron chi connectivity index (χ3n) is 4.95. The molecule has 2 amide bonds. The Labute approximate surface area is 165 Å². The van der Waals surface area contributed by atoms with Crippen molar-refractivity contribution in [1.29, 1.82) is 0 Å². The molecule has 0 radical (unpaired) electrons. The van der Waals surface area contributed by atoms with Gasteiger partial charge in [0.2, 0.25) is 11.8 Å². The van der Waals surface area contributed by atoms with Gasteiger partial charge in [-0.25, -0.2) is 0 Å². The zero-order chi connectivity index (χ0) is 20.2. The summed E-state index contributed by atoms with van der Waals surface area (Å²) in [6.07, 6.45) is 4.29. The third-order valence-corrected chi connectivity index (χ3v) is 4.95. The number of nitrogens with one attached hydrogen (secondary N) is 2. The minimum atomic E-state index is -0.322. The first kappa shape index (κ1) is 23.6. The van der Waals surface area contributed by atoms with Crippen LogP contribution in [0.25, 0.3) is 0 Å². The summed E-state index contributed by atoms with van der Waals surface area (Å²) in [5, 5.41) is 5.49. The van der Waals surface area contributed by atoms with Gasteiger partial charge in [0.05, 0.1) is 25.9 Å². The van der Waals surface area contributed by atoms with Crippen LogP contribution in [-0.2, 0) is 23.9 Å². The summed E-state index contributed by atoms with van der Waals surface area (Å²) in [5.74, 6) is 0.0780. The van der Waals surface area contributed by atoms with E-state index in [9.17, 15) is 14.4 Å². The van der Waals surface area contributed by atoms with Crippen LogP contribution in [0.2, 0.25) is 0 Å². The summed E-state index contributed by atoms with van der Waals surface area (Å²) in [5.41, 5.74) is 0. The summed E-state index contributed by atoms with van der Waals surface area (Å²) in [7, 11) is 0. The van der Waals surface area contributed by atoms with E-state index in [2.05, 4.69) is 10.6 Å². The molecule has 0 aromatic carbocycles. The maximum absolute atomic E-state index is 12.2. The first-order chi connectivity index (χ1) is 12.8. The zero-order valence-electron chi connectivity index (χ0n) is 17.2. The Bertz CT molecular complexity index is 483. The molecule has 27 heavy (non-hydrogen) atoms. The number of carbonyl (C=O) groups excluding carboxylic acids is 3. The number of hydrogen-bond donors (Lipinski definition) is 2. The molecule has 1 atom stereocenters. The first-order valence-electron chi connectivity index (χ1n) is 10.1. The van der Waals surface area contributed by atoms with Crippen molar-refractivity contribution < 1.29 is 26.7 Å². The molecule has 1 unspecified atom stereocenters. The van der Waals surface area contributed by atoms with Crippen LogP contribution in [0.1, 0.15) is 62.7 Å². The Balaban J connectivity index is 0. The molecule has 0 aromatic rings. The number of amides is 2. The fourth-order valence-corrected chi connectivity index (χ4v) is 3.14. The van der Waals surface area contributed by atoms with Gasteiger partial charge in [-0.15, -0.1) is 0 Å². The predicted molar refractivity (Wildman–Crippen MR) is 107 cm³/mol. The molecule has 0 bridgehead atoms. The Morgan fingerprint density at radius 1 is 1.04 bits per heavy atom. The number of ether oxygens (including phenoxy) is 2. The van der Waals surface area contributed by atoms with E-state index in [0.29, 0.717) is 19.0 Å². The van der Waals surface area contributed by atoms with Crippen molar-refractivity contribution in [3.63, 3.8) is 0 Å². The Hall–Kier alpha value is -1.47. The van der Waals surface area contributed by atoms with E-state index in [0.717, 1.165) is 32.1 Å². The second-order valence-corrected chi connectivity index (χ2v) is 7.58. The summed E-state index contributed by atoms with van der Waals surface area (Å²) >= 11 is 0. The van der Waals surface area contributed by atoms with Gasteiger partial charge in [-0.1, -0.05) is 13.8 Å². The predicted octanol–water partition coefficient (Wildman–Crippen LogP) is 2.33. The van der Waals surface area contributed by atoms with E-state index in [1.165, 1.54) is 0 Å². The molecule has 2 N–H and O–H groups in total. The van der Waals surface area contributed by atoms with Crippen LogP contribution in [0, 0.1) is 11.8 Å². The quantitative estimate of drug-likeness (QED) is 0.501. The van der Waals surface area contributed by atoms with Gasteiger partial charge >= 0.3 is 0 Å². The van der Waals surface area contributed by atoms with E-state index in [1.54, 1.807) is 0 Å². The minimum absolute atomic E-state index is 0. The lowest BCUT2D eigenvalue weighted by Gasteiger charge is -2.29. The fraction of sp³-hybridized carbons (Fsp3) is 0.850. The Morgan fingerprint density at radius 2 is 1.70 bits per heavy atom. The van der Waals surface area contributed by atoms with Crippen LogP contribution >= 0.6 is 0 Å².